The highest BCUT2D eigenvalue weighted by Gasteiger charge is 2.33. The van der Waals surface area contributed by atoms with Crippen molar-refractivity contribution in [3.05, 3.63) is 100 Å². The van der Waals surface area contributed by atoms with Crippen molar-refractivity contribution in [2.75, 3.05) is 0 Å². The minimum atomic E-state index is -0.303. The van der Waals surface area contributed by atoms with Crippen molar-refractivity contribution in [2.45, 2.75) is 6.42 Å². The Labute approximate surface area is 149 Å². The highest BCUT2D eigenvalue weighted by Crippen LogP contribution is 2.45. The van der Waals surface area contributed by atoms with Gasteiger partial charge in [-0.2, -0.15) is 0 Å². The summed E-state index contributed by atoms with van der Waals surface area (Å²) in [5.41, 5.74) is 4.49. The third kappa shape index (κ3) is 1.93. The summed E-state index contributed by atoms with van der Waals surface area (Å²) in [5.74, 6) is 0.632. The topological polar surface area (TPSA) is 51.5 Å². The molecule has 26 heavy (non-hydrogen) atoms. The normalized spacial score (nSPS) is 14.2. The summed E-state index contributed by atoms with van der Waals surface area (Å²) in [6.07, 6.45) is 2.02. The first kappa shape index (κ1) is 14.8. The van der Waals surface area contributed by atoms with E-state index in [1.165, 1.54) is 6.08 Å². The molecule has 1 aliphatic carbocycles. The maximum Gasteiger partial charge on any atom is 0.270 e. The van der Waals surface area contributed by atoms with Crippen LogP contribution in [0.3, 0.4) is 0 Å². The molecule has 1 N–H and O–H groups in total. The lowest BCUT2D eigenvalue weighted by Crippen LogP contribution is -2.27. The fourth-order valence-electron chi connectivity index (χ4n) is 3.79. The van der Waals surface area contributed by atoms with E-state index >= 15 is 0 Å². The third-order valence-corrected chi connectivity index (χ3v) is 4.87. The van der Waals surface area contributed by atoms with E-state index in [0.717, 1.165) is 28.1 Å². The molecule has 126 valence electrons. The number of aliphatic hydroxyl groups excluding tert-OH is 1. The largest absolute Gasteiger partial charge is 0.507 e. The first-order valence-corrected chi connectivity index (χ1v) is 8.38. The molecule has 2 aliphatic rings. The van der Waals surface area contributed by atoms with Gasteiger partial charge in [0.1, 0.15) is 22.8 Å². The predicted molar refractivity (Wildman–Crippen MR) is 101 cm³/mol. The molecule has 0 unspecified atom stereocenters. The molecular weight excluding hydrogens is 326 g/mol. The molecule has 0 bridgehead atoms. The van der Waals surface area contributed by atoms with Gasteiger partial charge in [-0.05, 0) is 17.7 Å². The minimum absolute atomic E-state index is 0.107. The summed E-state index contributed by atoms with van der Waals surface area (Å²) < 4.78 is 7.47. The fraction of sp³-hybridized carbons (Fsp3) is 0.0455. The van der Waals surface area contributed by atoms with Gasteiger partial charge in [0.2, 0.25) is 0 Å². The van der Waals surface area contributed by atoms with Crippen LogP contribution in [0.1, 0.15) is 16.7 Å². The van der Waals surface area contributed by atoms with Crippen LogP contribution >= 0.6 is 0 Å². The van der Waals surface area contributed by atoms with Crippen molar-refractivity contribution in [3.8, 4) is 22.7 Å². The maximum atomic E-state index is 13.4. The van der Waals surface area contributed by atoms with Crippen molar-refractivity contribution < 1.29 is 9.84 Å². The van der Waals surface area contributed by atoms with Gasteiger partial charge in [-0.15, -0.1) is 0 Å². The lowest BCUT2D eigenvalue weighted by molar-refractivity contribution is 0.414. The van der Waals surface area contributed by atoms with Crippen LogP contribution in [0.25, 0.3) is 22.7 Å². The SMILES string of the molecule is C=C1C=C(O)c2c(c3c(n(-c4ccccc4)c2=O)-c2ccccc2C3)O1. The van der Waals surface area contributed by atoms with Crippen LogP contribution in [0.4, 0.5) is 0 Å². The van der Waals surface area contributed by atoms with Gasteiger partial charge in [-0.1, -0.05) is 49.0 Å². The van der Waals surface area contributed by atoms with Crippen LogP contribution in [0.5, 0.6) is 5.75 Å². The van der Waals surface area contributed by atoms with Crippen LogP contribution in [-0.2, 0) is 6.42 Å². The van der Waals surface area contributed by atoms with Gasteiger partial charge in [0.05, 0.1) is 5.69 Å². The summed E-state index contributed by atoms with van der Waals surface area (Å²) in [5, 5.41) is 10.4. The Bertz CT molecular complexity index is 1170. The average Bonchev–Trinajstić information content (AvgIpc) is 3.02. The van der Waals surface area contributed by atoms with Crippen LogP contribution < -0.4 is 10.3 Å². The second kappa shape index (κ2) is 5.23. The number of fused-ring (bicyclic) bond motifs is 5. The Balaban J connectivity index is 1.95. The number of benzene rings is 2. The second-order valence-electron chi connectivity index (χ2n) is 6.44. The van der Waals surface area contributed by atoms with Gasteiger partial charge in [0, 0.05) is 29.3 Å². The first-order chi connectivity index (χ1) is 12.6. The molecule has 2 heterocycles. The monoisotopic (exact) mass is 341 g/mol. The van der Waals surface area contributed by atoms with E-state index in [1.807, 2.05) is 48.5 Å². The fourth-order valence-corrected chi connectivity index (χ4v) is 3.79. The molecule has 0 spiro atoms. The summed E-state index contributed by atoms with van der Waals surface area (Å²) in [6, 6.07) is 17.5. The molecular formula is C22H15NO3. The number of pyridine rings is 1. The molecule has 0 atom stereocenters. The Kier molecular flexibility index (Phi) is 2.97. The summed E-state index contributed by atoms with van der Waals surface area (Å²) in [7, 11) is 0. The van der Waals surface area contributed by atoms with E-state index in [9.17, 15) is 9.90 Å². The number of para-hydroxylation sites is 1. The zero-order valence-electron chi connectivity index (χ0n) is 13.9. The Morgan fingerprint density at radius 1 is 1.04 bits per heavy atom. The molecule has 1 aliphatic heterocycles. The van der Waals surface area contributed by atoms with Gasteiger partial charge in [-0.25, -0.2) is 0 Å². The molecule has 0 fully saturated rings. The first-order valence-electron chi connectivity index (χ1n) is 8.38. The average molecular weight is 341 g/mol. The standard InChI is InChI=1S/C22H15NO3/c1-13-11-18(24)19-21(26-13)17-12-14-7-5-6-10-16(14)20(17)23(22(19)25)15-8-3-2-4-9-15/h2-11,24H,1,12H2. The third-order valence-electron chi connectivity index (χ3n) is 4.87. The Morgan fingerprint density at radius 2 is 1.77 bits per heavy atom. The molecule has 0 saturated carbocycles. The molecule has 4 nitrogen and oxygen atoms in total. The molecule has 0 radical (unpaired) electrons. The number of allylic oxidation sites excluding steroid dienone is 1. The van der Waals surface area contributed by atoms with E-state index in [2.05, 4.69) is 12.6 Å². The number of rotatable bonds is 1. The summed E-state index contributed by atoms with van der Waals surface area (Å²) >= 11 is 0. The van der Waals surface area contributed by atoms with Crippen LogP contribution in [0.15, 0.2) is 77.8 Å². The van der Waals surface area contributed by atoms with E-state index in [0.29, 0.717) is 17.9 Å². The molecule has 3 aromatic rings. The lowest BCUT2D eigenvalue weighted by Gasteiger charge is -2.22. The van der Waals surface area contributed by atoms with Gasteiger partial charge in [-0.3, -0.25) is 9.36 Å². The van der Waals surface area contributed by atoms with Gasteiger partial charge in [0.15, 0.2) is 0 Å². The van der Waals surface area contributed by atoms with Crippen LogP contribution in [0.2, 0.25) is 0 Å². The zero-order valence-corrected chi connectivity index (χ0v) is 13.9. The van der Waals surface area contributed by atoms with E-state index in [-0.39, 0.29) is 16.9 Å². The minimum Gasteiger partial charge on any atom is -0.507 e. The number of hydrogen-bond acceptors (Lipinski definition) is 3. The van der Waals surface area contributed by atoms with Gasteiger partial charge in [0.25, 0.3) is 5.56 Å². The highest BCUT2D eigenvalue weighted by atomic mass is 16.5. The molecule has 0 amide bonds. The predicted octanol–water partition coefficient (Wildman–Crippen LogP) is 4.21. The second-order valence-corrected chi connectivity index (χ2v) is 6.44. The maximum absolute atomic E-state index is 13.4. The van der Waals surface area contributed by atoms with Crippen molar-refractivity contribution in [1.29, 1.82) is 0 Å². The summed E-state index contributed by atoms with van der Waals surface area (Å²) in [4.78, 5) is 13.4. The van der Waals surface area contributed by atoms with Gasteiger partial charge < -0.3 is 9.84 Å². The zero-order chi connectivity index (χ0) is 17.8. The molecule has 5 rings (SSSR count). The lowest BCUT2D eigenvalue weighted by atomic mass is 10.0. The van der Waals surface area contributed by atoms with Crippen molar-refractivity contribution >= 4 is 5.76 Å². The molecule has 4 heteroatoms. The number of ether oxygens (including phenoxy) is 1. The quantitative estimate of drug-likeness (QED) is 0.564. The number of hydrogen-bond donors (Lipinski definition) is 1. The Hall–Kier alpha value is -3.53. The molecule has 0 saturated heterocycles. The van der Waals surface area contributed by atoms with Crippen molar-refractivity contribution in [3.63, 3.8) is 0 Å². The molecule has 1 aromatic heterocycles. The van der Waals surface area contributed by atoms with E-state index in [4.69, 9.17) is 4.74 Å². The summed E-state index contributed by atoms with van der Waals surface area (Å²) in [6.45, 7) is 3.78. The van der Waals surface area contributed by atoms with E-state index in [1.54, 1.807) is 4.57 Å². The smallest absolute Gasteiger partial charge is 0.270 e. The Morgan fingerprint density at radius 3 is 2.58 bits per heavy atom. The van der Waals surface area contributed by atoms with Crippen molar-refractivity contribution in [2.24, 2.45) is 0 Å². The number of nitrogens with zero attached hydrogens (tertiary/aromatic N) is 1. The van der Waals surface area contributed by atoms with Crippen LogP contribution in [0, 0.1) is 0 Å². The van der Waals surface area contributed by atoms with Gasteiger partial charge >= 0.3 is 0 Å². The number of aromatic nitrogens is 1. The highest BCUT2D eigenvalue weighted by molar-refractivity contribution is 5.82. The molecule has 2 aromatic carbocycles. The van der Waals surface area contributed by atoms with Crippen molar-refractivity contribution in [1.82, 2.24) is 4.57 Å². The van der Waals surface area contributed by atoms with E-state index < -0.39 is 0 Å². The number of aliphatic hydroxyl groups is 1. The van der Waals surface area contributed by atoms with Crippen LogP contribution in [-0.4, -0.2) is 9.67 Å².